The highest BCUT2D eigenvalue weighted by Crippen LogP contribution is 2.55. The number of ether oxygens (including phenoxy) is 1. The smallest absolute Gasteiger partial charge is 0.486 e. The van der Waals surface area contributed by atoms with Crippen molar-refractivity contribution in [1.29, 1.82) is 0 Å². The van der Waals surface area contributed by atoms with Crippen molar-refractivity contribution in [2.75, 3.05) is 0 Å². The summed E-state index contributed by atoms with van der Waals surface area (Å²) in [6, 6.07) is 28.9. The highest BCUT2D eigenvalue weighted by Gasteiger charge is 2.53. The molecule has 0 bridgehead atoms. The molecule has 0 saturated heterocycles. The molecule has 5 rings (SSSR count). The van der Waals surface area contributed by atoms with Gasteiger partial charge in [0, 0.05) is 17.0 Å². The van der Waals surface area contributed by atoms with E-state index in [9.17, 15) is 10.0 Å². The standard InChI is InChI=1S/C25H21BO3/c27-26(28)22-16-9-15-21-24(22)29-23-17-8-7-14-20(23)25(21,18-10-3-1-4-11-18)19-12-5-2-6-13-19/h1-17,21,24,27-28H. The molecule has 0 radical (unpaired) electrons. The van der Waals surface area contributed by atoms with Crippen molar-refractivity contribution < 1.29 is 14.8 Å². The Morgan fingerprint density at radius 3 is 1.97 bits per heavy atom. The van der Waals surface area contributed by atoms with E-state index in [0.717, 1.165) is 22.4 Å². The molecule has 142 valence electrons. The predicted octanol–water partition coefficient (Wildman–Crippen LogP) is 3.91. The van der Waals surface area contributed by atoms with Crippen LogP contribution in [-0.4, -0.2) is 23.3 Å². The monoisotopic (exact) mass is 380 g/mol. The molecular formula is C25H21BO3. The lowest BCUT2D eigenvalue weighted by atomic mass is 9.55. The molecule has 2 unspecified atom stereocenters. The lowest BCUT2D eigenvalue weighted by Gasteiger charge is -2.50. The van der Waals surface area contributed by atoms with E-state index in [-0.39, 0.29) is 5.92 Å². The first-order chi connectivity index (χ1) is 14.2. The summed E-state index contributed by atoms with van der Waals surface area (Å²) in [6.45, 7) is 0. The SMILES string of the molecule is OB(O)C1=CC=CC2C1Oc1ccccc1C2(c1ccccc1)c1ccccc1. The fraction of sp³-hybridized carbons (Fsp3) is 0.120. The molecule has 3 aromatic rings. The van der Waals surface area contributed by atoms with Gasteiger partial charge in [0.15, 0.2) is 0 Å². The van der Waals surface area contributed by atoms with Crippen molar-refractivity contribution in [2.24, 2.45) is 5.92 Å². The van der Waals surface area contributed by atoms with Crippen LogP contribution >= 0.6 is 0 Å². The lowest BCUT2D eigenvalue weighted by Crippen LogP contribution is -2.52. The van der Waals surface area contributed by atoms with Crippen LogP contribution in [0.3, 0.4) is 0 Å². The maximum atomic E-state index is 10.0. The summed E-state index contributed by atoms with van der Waals surface area (Å²) in [5, 5.41) is 20.1. The van der Waals surface area contributed by atoms with E-state index in [1.807, 2.05) is 36.4 Å². The minimum Gasteiger partial charge on any atom is -0.486 e. The minimum absolute atomic E-state index is 0.135. The summed E-state index contributed by atoms with van der Waals surface area (Å²) < 4.78 is 6.37. The predicted molar refractivity (Wildman–Crippen MR) is 115 cm³/mol. The molecule has 29 heavy (non-hydrogen) atoms. The van der Waals surface area contributed by atoms with Gasteiger partial charge >= 0.3 is 7.12 Å². The van der Waals surface area contributed by atoms with Gasteiger partial charge in [-0.1, -0.05) is 97.1 Å². The lowest BCUT2D eigenvalue weighted by molar-refractivity contribution is 0.131. The second-order valence-electron chi connectivity index (χ2n) is 7.53. The highest BCUT2D eigenvalue weighted by atomic mass is 16.5. The van der Waals surface area contributed by atoms with Crippen LogP contribution in [0.2, 0.25) is 0 Å². The van der Waals surface area contributed by atoms with E-state index >= 15 is 0 Å². The third-order valence-electron chi connectivity index (χ3n) is 6.08. The number of rotatable bonds is 3. The van der Waals surface area contributed by atoms with Gasteiger partial charge in [0.05, 0.1) is 5.41 Å². The third-order valence-corrected chi connectivity index (χ3v) is 6.08. The quantitative estimate of drug-likeness (QED) is 0.678. The summed E-state index contributed by atoms with van der Waals surface area (Å²) >= 11 is 0. The Labute approximate surface area is 170 Å². The maximum absolute atomic E-state index is 10.0. The van der Waals surface area contributed by atoms with Gasteiger partial charge in [-0.2, -0.15) is 0 Å². The number of hydrogen-bond acceptors (Lipinski definition) is 3. The summed E-state index contributed by atoms with van der Waals surface area (Å²) in [5.41, 5.74) is 3.33. The zero-order valence-electron chi connectivity index (χ0n) is 15.8. The number of para-hydroxylation sites is 1. The maximum Gasteiger partial charge on any atom is 0.487 e. The van der Waals surface area contributed by atoms with E-state index in [1.54, 1.807) is 6.08 Å². The molecule has 2 aliphatic rings. The van der Waals surface area contributed by atoms with E-state index in [2.05, 4.69) is 60.7 Å². The van der Waals surface area contributed by atoms with E-state index < -0.39 is 18.6 Å². The molecule has 0 amide bonds. The zero-order valence-corrected chi connectivity index (χ0v) is 15.8. The van der Waals surface area contributed by atoms with Crippen molar-refractivity contribution in [1.82, 2.24) is 0 Å². The minimum atomic E-state index is -1.57. The Balaban J connectivity index is 1.87. The van der Waals surface area contributed by atoms with E-state index in [1.165, 1.54) is 0 Å². The Bertz CT molecular complexity index is 1030. The average Bonchev–Trinajstić information content (AvgIpc) is 2.78. The van der Waals surface area contributed by atoms with Gasteiger partial charge in [0.25, 0.3) is 0 Å². The molecule has 1 aliphatic carbocycles. The third kappa shape index (κ3) is 2.68. The molecule has 1 aliphatic heterocycles. The molecule has 2 N–H and O–H groups in total. The van der Waals surface area contributed by atoms with Crippen LogP contribution < -0.4 is 4.74 Å². The summed E-state index contributed by atoms with van der Waals surface area (Å²) in [4.78, 5) is 0. The normalized spacial score (nSPS) is 21.4. The van der Waals surface area contributed by atoms with Gasteiger partial charge in [-0.15, -0.1) is 0 Å². The average molecular weight is 380 g/mol. The summed E-state index contributed by atoms with van der Waals surface area (Å²) in [7, 11) is -1.57. The molecule has 1 heterocycles. The van der Waals surface area contributed by atoms with Crippen LogP contribution in [0, 0.1) is 5.92 Å². The molecule has 2 atom stereocenters. The summed E-state index contributed by atoms with van der Waals surface area (Å²) in [5.74, 6) is 0.632. The molecular weight excluding hydrogens is 359 g/mol. The number of fused-ring (bicyclic) bond motifs is 2. The highest BCUT2D eigenvalue weighted by molar-refractivity contribution is 6.51. The van der Waals surface area contributed by atoms with Crippen LogP contribution in [-0.2, 0) is 5.41 Å². The molecule has 4 heteroatoms. The second kappa shape index (κ2) is 7.07. The Kier molecular flexibility index (Phi) is 4.38. The number of allylic oxidation sites excluding steroid dienone is 2. The van der Waals surface area contributed by atoms with Gasteiger partial charge in [0.1, 0.15) is 11.9 Å². The number of benzene rings is 3. The van der Waals surface area contributed by atoms with Crippen molar-refractivity contribution in [3.8, 4) is 5.75 Å². The van der Waals surface area contributed by atoms with Crippen LogP contribution in [0.4, 0.5) is 0 Å². The van der Waals surface area contributed by atoms with E-state index in [4.69, 9.17) is 4.74 Å². The fourth-order valence-electron chi connectivity index (χ4n) is 4.91. The van der Waals surface area contributed by atoms with E-state index in [0.29, 0.717) is 5.47 Å². The fourth-order valence-corrected chi connectivity index (χ4v) is 4.91. The van der Waals surface area contributed by atoms with Gasteiger partial charge < -0.3 is 14.8 Å². The molecule has 3 nitrogen and oxygen atoms in total. The Morgan fingerprint density at radius 2 is 1.34 bits per heavy atom. The Hall–Kier alpha value is -3.08. The molecule has 0 saturated carbocycles. The Morgan fingerprint density at radius 1 is 0.759 bits per heavy atom. The van der Waals surface area contributed by atoms with Gasteiger partial charge in [-0.25, -0.2) is 0 Å². The van der Waals surface area contributed by atoms with Crippen LogP contribution in [0.1, 0.15) is 16.7 Å². The molecule has 0 fully saturated rings. The second-order valence-corrected chi connectivity index (χ2v) is 7.53. The van der Waals surface area contributed by atoms with Gasteiger partial charge in [-0.3, -0.25) is 0 Å². The largest absolute Gasteiger partial charge is 0.487 e. The van der Waals surface area contributed by atoms with Gasteiger partial charge in [0.2, 0.25) is 0 Å². The van der Waals surface area contributed by atoms with Crippen LogP contribution in [0.5, 0.6) is 5.75 Å². The molecule has 0 aromatic heterocycles. The number of hydrogen-bond donors (Lipinski definition) is 2. The topological polar surface area (TPSA) is 49.7 Å². The first kappa shape index (κ1) is 18.0. The first-order valence-electron chi connectivity index (χ1n) is 9.84. The van der Waals surface area contributed by atoms with Crippen LogP contribution in [0.15, 0.2) is 109 Å². The molecule has 3 aromatic carbocycles. The van der Waals surface area contributed by atoms with Crippen molar-refractivity contribution in [2.45, 2.75) is 11.5 Å². The van der Waals surface area contributed by atoms with Crippen molar-refractivity contribution >= 4 is 7.12 Å². The summed E-state index contributed by atoms with van der Waals surface area (Å²) in [6.07, 6.45) is 5.32. The van der Waals surface area contributed by atoms with Gasteiger partial charge in [-0.05, 0) is 17.2 Å². The van der Waals surface area contributed by atoms with Crippen molar-refractivity contribution in [3.05, 3.63) is 125 Å². The zero-order chi connectivity index (χ0) is 19.8. The molecule has 0 spiro atoms. The van der Waals surface area contributed by atoms with Crippen molar-refractivity contribution in [3.63, 3.8) is 0 Å². The first-order valence-corrected chi connectivity index (χ1v) is 9.84. The van der Waals surface area contributed by atoms with Crippen LogP contribution in [0.25, 0.3) is 0 Å².